The van der Waals surface area contributed by atoms with Gasteiger partial charge in [-0.3, -0.25) is 4.79 Å². The molecule has 0 aliphatic carbocycles. The molecule has 0 spiro atoms. The van der Waals surface area contributed by atoms with Crippen LogP contribution < -0.4 is 0 Å². The smallest absolute Gasteiger partial charge is 0.332 e. The van der Waals surface area contributed by atoms with Crippen LogP contribution in [0, 0.1) is 5.41 Å². The van der Waals surface area contributed by atoms with E-state index in [1.807, 2.05) is 4.90 Å². The average Bonchev–Trinajstić information content (AvgIpc) is 2.96. The van der Waals surface area contributed by atoms with Crippen molar-refractivity contribution < 1.29 is 19.4 Å². The van der Waals surface area contributed by atoms with Gasteiger partial charge in [-0.15, -0.1) is 0 Å². The van der Waals surface area contributed by atoms with Gasteiger partial charge in [0.25, 0.3) is 5.91 Å². The molecule has 5 heteroatoms. The van der Waals surface area contributed by atoms with Crippen molar-refractivity contribution in [3.63, 3.8) is 0 Å². The molecule has 0 aromatic heterocycles. The lowest BCUT2D eigenvalue weighted by Gasteiger charge is -2.41. The third-order valence-electron chi connectivity index (χ3n) is 5.21. The number of hydrogen-bond donors (Lipinski definition) is 1. The van der Waals surface area contributed by atoms with E-state index in [0.717, 1.165) is 38.8 Å². The summed E-state index contributed by atoms with van der Waals surface area (Å²) in [7, 11) is 0. The lowest BCUT2D eigenvalue weighted by Crippen LogP contribution is -2.46. The largest absolute Gasteiger partial charge is 0.479 e. The first kappa shape index (κ1) is 15.3. The second-order valence-corrected chi connectivity index (χ2v) is 6.06. The van der Waals surface area contributed by atoms with Gasteiger partial charge in [0, 0.05) is 13.1 Å². The highest BCUT2D eigenvalue weighted by Crippen LogP contribution is 2.38. The van der Waals surface area contributed by atoms with E-state index in [4.69, 9.17) is 9.84 Å². The number of carbonyl (C=O) groups is 2. The number of nitrogens with zero attached hydrogens (tertiary/aromatic N) is 1. The highest BCUT2D eigenvalue weighted by atomic mass is 16.5. The zero-order chi connectivity index (χ0) is 14.8. The van der Waals surface area contributed by atoms with E-state index in [2.05, 4.69) is 13.8 Å². The van der Waals surface area contributed by atoms with Gasteiger partial charge in [-0.25, -0.2) is 4.79 Å². The summed E-state index contributed by atoms with van der Waals surface area (Å²) in [6.45, 7) is 5.99. The fourth-order valence-electron chi connectivity index (χ4n) is 3.36. The number of amides is 1. The van der Waals surface area contributed by atoms with Gasteiger partial charge in [-0.05, 0) is 31.1 Å². The number of carboxylic acids is 1. The Morgan fingerprint density at radius 1 is 1.15 bits per heavy atom. The maximum Gasteiger partial charge on any atom is 0.332 e. The minimum absolute atomic E-state index is 0.0189. The first-order chi connectivity index (χ1) is 9.51. The third kappa shape index (κ3) is 2.97. The maximum absolute atomic E-state index is 12.4. The van der Waals surface area contributed by atoms with E-state index in [-0.39, 0.29) is 5.91 Å². The zero-order valence-corrected chi connectivity index (χ0v) is 12.4. The Bertz CT molecular complexity index is 368. The molecule has 0 saturated carbocycles. The number of aliphatic carboxylic acids is 1. The molecule has 2 unspecified atom stereocenters. The number of carbonyl (C=O) groups excluding carboxylic acids is 1. The van der Waals surface area contributed by atoms with Crippen LogP contribution in [0.25, 0.3) is 0 Å². The molecule has 2 aliphatic rings. The van der Waals surface area contributed by atoms with Crippen LogP contribution in [0.1, 0.15) is 52.4 Å². The fourth-order valence-corrected chi connectivity index (χ4v) is 3.36. The molecule has 2 atom stereocenters. The van der Waals surface area contributed by atoms with Crippen molar-refractivity contribution in [2.24, 2.45) is 5.41 Å². The summed E-state index contributed by atoms with van der Waals surface area (Å²) in [5.41, 5.74) is 0.386. The first-order valence-electron chi connectivity index (χ1n) is 7.68. The first-order valence-corrected chi connectivity index (χ1v) is 7.68. The van der Waals surface area contributed by atoms with Crippen molar-refractivity contribution in [1.82, 2.24) is 4.90 Å². The molecule has 1 amide bonds. The number of carboxylic acid groups (broad SMARTS) is 1. The third-order valence-corrected chi connectivity index (χ3v) is 5.21. The van der Waals surface area contributed by atoms with E-state index in [0.29, 0.717) is 18.3 Å². The molecule has 0 bridgehead atoms. The van der Waals surface area contributed by atoms with Gasteiger partial charge in [0.05, 0.1) is 0 Å². The summed E-state index contributed by atoms with van der Waals surface area (Å²) in [6, 6.07) is 0. The minimum Gasteiger partial charge on any atom is -0.479 e. The van der Waals surface area contributed by atoms with Crippen molar-refractivity contribution >= 4 is 11.9 Å². The van der Waals surface area contributed by atoms with E-state index in [1.54, 1.807) is 0 Å². The number of hydrogen-bond acceptors (Lipinski definition) is 3. The monoisotopic (exact) mass is 283 g/mol. The summed E-state index contributed by atoms with van der Waals surface area (Å²) >= 11 is 0. The molecule has 114 valence electrons. The number of likely N-dealkylation sites (tertiary alicyclic amines) is 1. The Hall–Kier alpha value is -1.10. The maximum atomic E-state index is 12.4. The normalized spacial score (nSPS) is 29.4. The molecular formula is C15H25NO4. The van der Waals surface area contributed by atoms with E-state index in [9.17, 15) is 9.59 Å². The Morgan fingerprint density at radius 3 is 2.15 bits per heavy atom. The van der Waals surface area contributed by atoms with E-state index >= 15 is 0 Å². The molecule has 2 saturated heterocycles. The van der Waals surface area contributed by atoms with Crippen LogP contribution in [0.2, 0.25) is 0 Å². The molecule has 5 nitrogen and oxygen atoms in total. The number of ether oxygens (including phenoxy) is 1. The van der Waals surface area contributed by atoms with E-state index < -0.39 is 18.2 Å². The predicted octanol–water partition coefficient (Wildman–Crippen LogP) is 2.05. The standard InChI is InChI=1S/C15H25NO4/c1-3-15(4-2)7-9-16(10-8-15)13(17)11-5-6-12(20-11)14(18)19/h11-12H,3-10H2,1-2H3,(H,18,19). The predicted molar refractivity (Wildman–Crippen MR) is 74.4 cm³/mol. The summed E-state index contributed by atoms with van der Waals surface area (Å²) in [4.78, 5) is 25.1. The number of rotatable bonds is 4. The van der Waals surface area contributed by atoms with Gasteiger partial charge < -0.3 is 14.7 Å². The lowest BCUT2D eigenvalue weighted by molar-refractivity contribution is -0.155. The SMILES string of the molecule is CCC1(CC)CCN(C(=O)C2CCC(C(=O)O)O2)CC1. The molecule has 1 N–H and O–H groups in total. The summed E-state index contributed by atoms with van der Waals surface area (Å²) < 4.78 is 5.35. The van der Waals surface area contributed by atoms with Crippen LogP contribution >= 0.6 is 0 Å². The van der Waals surface area contributed by atoms with Gasteiger partial charge in [0.2, 0.25) is 0 Å². The lowest BCUT2D eigenvalue weighted by atomic mass is 9.74. The molecule has 2 aliphatic heterocycles. The summed E-state index contributed by atoms with van der Waals surface area (Å²) in [5, 5.41) is 8.91. The molecule has 0 aromatic carbocycles. The van der Waals surface area contributed by atoms with Crippen molar-refractivity contribution in [3.05, 3.63) is 0 Å². The Balaban J connectivity index is 1.88. The molecule has 2 heterocycles. The Kier molecular flexibility index (Phi) is 4.68. The Morgan fingerprint density at radius 2 is 1.70 bits per heavy atom. The van der Waals surface area contributed by atoms with Gasteiger partial charge in [0.15, 0.2) is 6.10 Å². The van der Waals surface area contributed by atoms with Crippen molar-refractivity contribution in [3.8, 4) is 0 Å². The van der Waals surface area contributed by atoms with Crippen molar-refractivity contribution in [2.45, 2.75) is 64.6 Å². The molecule has 0 aromatic rings. The molecule has 2 rings (SSSR count). The summed E-state index contributed by atoms with van der Waals surface area (Å²) in [6.07, 6.45) is 4.01. The Labute approximate surface area is 120 Å². The van der Waals surface area contributed by atoms with Crippen LogP contribution in [0.5, 0.6) is 0 Å². The van der Waals surface area contributed by atoms with Gasteiger partial charge in [-0.2, -0.15) is 0 Å². The topological polar surface area (TPSA) is 66.8 Å². The minimum atomic E-state index is -0.963. The van der Waals surface area contributed by atoms with Gasteiger partial charge in [-0.1, -0.05) is 26.7 Å². The van der Waals surface area contributed by atoms with Crippen LogP contribution in [0.3, 0.4) is 0 Å². The highest BCUT2D eigenvalue weighted by Gasteiger charge is 2.39. The fraction of sp³-hybridized carbons (Fsp3) is 0.867. The summed E-state index contributed by atoms with van der Waals surface area (Å²) in [5.74, 6) is -0.982. The van der Waals surface area contributed by atoms with Crippen molar-refractivity contribution in [2.75, 3.05) is 13.1 Å². The van der Waals surface area contributed by atoms with E-state index in [1.165, 1.54) is 0 Å². The van der Waals surface area contributed by atoms with Gasteiger partial charge >= 0.3 is 5.97 Å². The number of piperidine rings is 1. The van der Waals surface area contributed by atoms with Crippen molar-refractivity contribution in [1.29, 1.82) is 0 Å². The molecular weight excluding hydrogens is 258 g/mol. The van der Waals surface area contributed by atoms with Crippen LogP contribution in [0.4, 0.5) is 0 Å². The van der Waals surface area contributed by atoms with Crippen LogP contribution in [-0.4, -0.2) is 47.2 Å². The van der Waals surface area contributed by atoms with Gasteiger partial charge in [0.1, 0.15) is 6.10 Å². The highest BCUT2D eigenvalue weighted by molar-refractivity contribution is 5.82. The average molecular weight is 283 g/mol. The zero-order valence-electron chi connectivity index (χ0n) is 12.4. The molecule has 0 radical (unpaired) electrons. The quantitative estimate of drug-likeness (QED) is 0.857. The second-order valence-electron chi connectivity index (χ2n) is 6.06. The van der Waals surface area contributed by atoms with Crippen LogP contribution in [-0.2, 0) is 14.3 Å². The molecule has 2 fully saturated rings. The molecule has 20 heavy (non-hydrogen) atoms. The van der Waals surface area contributed by atoms with Crippen LogP contribution in [0.15, 0.2) is 0 Å². The second kappa shape index (κ2) is 6.12.